The lowest BCUT2D eigenvalue weighted by atomic mass is 10.1. The smallest absolute Gasteiger partial charge is 0.263 e. The van der Waals surface area contributed by atoms with E-state index in [9.17, 15) is 8.42 Å². The van der Waals surface area contributed by atoms with Crippen LogP contribution in [0.3, 0.4) is 0 Å². The topological polar surface area (TPSA) is 93.2 Å². The third kappa shape index (κ3) is 4.35. The van der Waals surface area contributed by atoms with Crippen molar-refractivity contribution < 1.29 is 13.2 Å². The van der Waals surface area contributed by atoms with Crippen molar-refractivity contribution in [3.63, 3.8) is 0 Å². The van der Waals surface area contributed by atoms with Crippen LogP contribution in [0.1, 0.15) is 11.1 Å². The van der Waals surface area contributed by atoms with Crippen molar-refractivity contribution in [3.05, 3.63) is 65.7 Å². The first-order valence-electron chi connectivity index (χ1n) is 8.23. The van der Waals surface area contributed by atoms with Gasteiger partial charge in [0.05, 0.1) is 17.7 Å². The molecule has 0 aliphatic rings. The highest BCUT2D eigenvalue weighted by Crippen LogP contribution is 2.26. The number of methoxy groups -OCH3 is 1. The average Bonchev–Trinajstić information content (AvgIpc) is 2.65. The molecule has 140 valence electrons. The molecule has 0 radical (unpaired) electrons. The lowest BCUT2D eigenvalue weighted by Crippen LogP contribution is -2.14. The van der Waals surface area contributed by atoms with Crippen LogP contribution in [0.15, 0.2) is 59.5 Å². The second-order valence-corrected chi connectivity index (χ2v) is 7.66. The number of nitrogens with one attached hydrogen (secondary N) is 2. The molecule has 0 saturated heterocycles. The van der Waals surface area contributed by atoms with Crippen molar-refractivity contribution in [2.45, 2.75) is 18.7 Å². The number of hydrogen-bond donors (Lipinski definition) is 2. The fourth-order valence-corrected chi connectivity index (χ4v) is 3.50. The molecule has 0 saturated carbocycles. The Morgan fingerprint density at radius 2 is 1.59 bits per heavy atom. The van der Waals surface area contributed by atoms with Gasteiger partial charge in [-0.25, -0.2) is 8.42 Å². The van der Waals surface area contributed by atoms with E-state index in [4.69, 9.17) is 4.74 Å². The number of aryl methyl sites for hydroxylation is 2. The Bertz CT molecular complexity index is 1050. The number of benzene rings is 2. The molecular formula is C19H20N4O3S. The Morgan fingerprint density at radius 1 is 0.889 bits per heavy atom. The SMILES string of the molecule is COc1ccccc1Nc1ccc(NS(=O)(=O)c2ccc(C)c(C)c2)nn1. The standard InChI is InChI=1S/C19H20N4O3S/c1-13-8-9-15(12-14(13)2)27(24,25)23-19-11-10-18(21-22-19)20-16-6-4-5-7-17(16)26-3/h4-12H,1-3H3,(H,20,21)(H,22,23). The van der Waals surface area contributed by atoms with E-state index in [2.05, 4.69) is 20.2 Å². The molecule has 1 aromatic heterocycles. The van der Waals surface area contributed by atoms with E-state index in [-0.39, 0.29) is 10.7 Å². The van der Waals surface area contributed by atoms with Crippen LogP contribution in [0.2, 0.25) is 0 Å². The molecule has 2 aromatic carbocycles. The number of nitrogens with zero attached hydrogens (tertiary/aromatic N) is 2. The van der Waals surface area contributed by atoms with Gasteiger partial charge >= 0.3 is 0 Å². The third-order valence-electron chi connectivity index (χ3n) is 4.06. The fraction of sp³-hybridized carbons (Fsp3) is 0.158. The molecule has 0 aliphatic heterocycles. The minimum absolute atomic E-state index is 0.138. The maximum atomic E-state index is 12.5. The predicted molar refractivity (Wildman–Crippen MR) is 105 cm³/mol. The van der Waals surface area contributed by atoms with Crippen molar-refractivity contribution in [1.29, 1.82) is 0 Å². The van der Waals surface area contributed by atoms with Gasteiger partial charge in [0, 0.05) is 0 Å². The molecule has 0 aliphatic carbocycles. The normalized spacial score (nSPS) is 11.1. The molecule has 0 bridgehead atoms. The number of hydrogen-bond acceptors (Lipinski definition) is 6. The van der Waals surface area contributed by atoms with E-state index in [1.54, 1.807) is 37.4 Å². The molecule has 0 unspecified atom stereocenters. The van der Waals surface area contributed by atoms with Gasteiger partial charge in [-0.3, -0.25) is 4.72 Å². The lowest BCUT2D eigenvalue weighted by Gasteiger charge is -2.11. The van der Waals surface area contributed by atoms with E-state index in [0.717, 1.165) is 16.8 Å². The second-order valence-electron chi connectivity index (χ2n) is 5.98. The monoisotopic (exact) mass is 384 g/mol. The molecule has 2 N–H and O–H groups in total. The van der Waals surface area contributed by atoms with E-state index in [1.807, 2.05) is 38.1 Å². The number of sulfonamides is 1. The maximum absolute atomic E-state index is 12.5. The Kier molecular flexibility index (Phi) is 5.27. The van der Waals surface area contributed by atoms with Crippen LogP contribution >= 0.6 is 0 Å². The van der Waals surface area contributed by atoms with Crippen LogP contribution in [0.5, 0.6) is 5.75 Å². The van der Waals surface area contributed by atoms with Gasteiger partial charge in [-0.1, -0.05) is 18.2 Å². The van der Waals surface area contributed by atoms with Gasteiger partial charge in [0.25, 0.3) is 10.0 Å². The fourth-order valence-electron chi connectivity index (χ4n) is 2.42. The van der Waals surface area contributed by atoms with Crippen LogP contribution in [-0.2, 0) is 10.0 Å². The van der Waals surface area contributed by atoms with Crippen molar-refractivity contribution >= 4 is 27.3 Å². The highest BCUT2D eigenvalue weighted by molar-refractivity contribution is 7.92. The van der Waals surface area contributed by atoms with Crippen molar-refractivity contribution in [1.82, 2.24) is 10.2 Å². The minimum atomic E-state index is -3.73. The number of aromatic nitrogens is 2. The zero-order valence-electron chi connectivity index (χ0n) is 15.2. The predicted octanol–water partition coefficient (Wildman–Crippen LogP) is 3.65. The Hall–Kier alpha value is -3.13. The number of rotatable bonds is 6. The Morgan fingerprint density at radius 3 is 2.26 bits per heavy atom. The first-order chi connectivity index (χ1) is 12.9. The molecule has 0 atom stereocenters. The number of para-hydroxylation sites is 2. The summed E-state index contributed by atoms with van der Waals surface area (Å²) in [5.74, 6) is 1.27. The quantitative estimate of drug-likeness (QED) is 0.674. The van der Waals surface area contributed by atoms with Gasteiger partial charge < -0.3 is 10.1 Å². The molecule has 3 aromatic rings. The highest BCUT2D eigenvalue weighted by atomic mass is 32.2. The van der Waals surface area contributed by atoms with Gasteiger partial charge in [-0.05, 0) is 61.4 Å². The molecule has 0 spiro atoms. The molecule has 8 heteroatoms. The van der Waals surface area contributed by atoms with Crippen LogP contribution in [-0.4, -0.2) is 25.7 Å². The van der Waals surface area contributed by atoms with Crippen molar-refractivity contribution in [2.24, 2.45) is 0 Å². The number of ether oxygens (including phenoxy) is 1. The van der Waals surface area contributed by atoms with Crippen LogP contribution in [0.4, 0.5) is 17.3 Å². The molecule has 27 heavy (non-hydrogen) atoms. The summed E-state index contributed by atoms with van der Waals surface area (Å²) in [6.07, 6.45) is 0. The van der Waals surface area contributed by atoms with Crippen molar-refractivity contribution in [2.75, 3.05) is 17.1 Å². The summed E-state index contributed by atoms with van der Waals surface area (Å²) in [7, 11) is -2.15. The summed E-state index contributed by atoms with van der Waals surface area (Å²) >= 11 is 0. The molecule has 3 rings (SSSR count). The first kappa shape index (κ1) is 18.7. The largest absolute Gasteiger partial charge is 0.495 e. The summed E-state index contributed by atoms with van der Waals surface area (Å²) in [5.41, 5.74) is 2.67. The van der Waals surface area contributed by atoms with Crippen LogP contribution in [0.25, 0.3) is 0 Å². The molecular weight excluding hydrogens is 364 g/mol. The zero-order chi connectivity index (χ0) is 19.4. The lowest BCUT2D eigenvalue weighted by molar-refractivity contribution is 0.417. The summed E-state index contributed by atoms with van der Waals surface area (Å²) in [4.78, 5) is 0.184. The van der Waals surface area contributed by atoms with Gasteiger partial charge in [0.1, 0.15) is 5.75 Å². The molecule has 0 fully saturated rings. The second kappa shape index (κ2) is 7.63. The third-order valence-corrected chi connectivity index (χ3v) is 5.41. The maximum Gasteiger partial charge on any atom is 0.263 e. The summed E-state index contributed by atoms with van der Waals surface area (Å²) in [6, 6.07) is 15.5. The molecule has 0 amide bonds. The highest BCUT2D eigenvalue weighted by Gasteiger charge is 2.16. The van der Waals surface area contributed by atoms with Gasteiger partial charge in [0.2, 0.25) is 0 Å². The first-order valence-corrected chi connectivity index (χ1v) is 9.71. The van der Waals surface area contributed by atoms with Crippen LogP contribution < -0.4 is 14.8 Å². The molecule has 7 nitrogen and oxygen atoms in total. The summed E-state index contributed by atoms with van der Waals surface area (Å²) < 4.78 is 32.7. The Labute approximate surface area is 158 Å². The van der Waals surface area contributed by atoms with E-state index in [1.165, 1.54) is 0 Å². The zero-order valence-corrected chi connectivity index (χ0v) is 16.0. The van der Waals surface area contributed by atoms with E-state index < -0.39 is 10.0 Å². The van der Waals surface area contributed by atoms with Crippen molar-refractivity contribution in [3.8, 4) is 5.75 Å². The minimum Gasteiger partial charge on any atom is -0.495 e. The molecule has 1 heterocycles. The number of anilines is 3. The van der Waals surface area contributed by atoms with E-state index in [0.29, 0.717) is 11.6 Å². The Balaban J connectivity index is 1.76. The summed E-state index contributed by atoms with van der Waals surface area (Å²) in [6.45, 7) is 3.80. The average molecular weight is 384 g/mol. The van der Waals surface area contributed by atoms with Gasteiger partial charge in [-0.15, -0.1) is 10.2 Å². The van der Waals surface area contributed by atoms with Gasteiger partial charge in [-0.2, -0.15) is 0 Å². The van der Waals surface area contributed by atoms with Crippen LogP contribution in [0, 0.1) is 13.8 Å². The van der Waals surface area contributed by atoms with E-state index >= 15 is 0 Å². The van der Waals surface area contributed by atoms with Gasteiger partial charge in [0.15, 0.2) is 11.6 Å². The summed E-state index contributed by atoms with van der Waals surface area (Å²) in [5, 5.41) is 11.0.